The molecule has 9 heteroatoms. The Morgan fingerprint density at radius 3 is 2.70 bits per heavy atom. The van der Waals surface area contributed by atoms with E-state index in [2.05, 4.69) is 15.0 Å². The summed E-state index contributed by atoms with van der Waals surface area (Å²) in [5, 5.41) is 9.70. The van der Waals surface area contributed by atoms with Gasteiger partial charge in [0.05, 0.1) is 35.1 Å². The molecule has 0 saturated heterocycles. The quantitative estimate of drug-likeness (QED) is 0.613. The van der Waals surface area contributed by atoms with Gasteiger partial charge in [-0.05, 0) is 50.5 Å². The Morgan fingerprint density at radius 2 is 1.93 bits per heavy atom. The molecule has 1 saturated carbocycles. The smallest absolute Gasteiger partial charge is 0.159 e. The Hall–Kier alpha value is -2.39. The number of aromatic nitrogens is 5. The zero-order valence-electron chi connectivity index (χ0n) is 17.1. The number of aliphatic hydroxyl groups is 1. The van der Waals surface area contributed by atoms with Crippen molar-refractivity contribution in [3.63, 3.8) is 0 Å². The van der Waals surface area contributed by atoms with E-state index in [1.165, 1.54) is 6.26 Å². The Labute approximate surface area is 176 Å². The first-order chi connectivity index (χ1) is 14.4. The molecule has 1 N–H and O–H groups in total. The first-order valence-corrected chi connectivity index (χ1v) is 12.4. The summed E-state index contributed by atoms with van der Waals surface area (Å²) in [6.45, 7) is 0. The van der Waals surface area contributed by atoms with Crippen LogP contribution in [0.2, 0.25) is 0 Å². The Kier molecular flexibility index (Phi) is 6.10. The lowest BCUT2D eigenvalue weighted by Gasteiger charge is -2.24. The number of fused-ring (bicyclic) bond motifs is 1. The predicted molar refractivity (Wildman–Crippen MR) is 114 cm³/mol. The standard InChI is InChI=1S/C21H27N5O3S/c1-30(28,29)12-2-3-18-21-24-14-19(26(21)11-10-22-18)17-8-9-23-20(25-17)13-15-4-6-16(27)7-5-15/h8-11,14-16,27H,2-7,12-13H2,1H3. The van der Waals surface area contributed by atoms with Crippen molar-refractivity contribution in [3.05, 3.63) is 42.4 Å². The third-order valence-electron chi connectivity index (χ3n) is 5.69. The van der Waals surface area contributed by atoms with Gasteiger partial charge in [-0.3, -0.25) is 9.38 Å². The van der Waals surface area contributed by atoms with Crippen molar-refractivity contribution < 1.29 is 13.5 Å². The molecule has 30 heavy (non-hydrogen) atoms. The van der Waals surface area contributed by atoms with E-state index in [9.17, 15) is 13.5 Å². The maximum atomic E-state index is 11.4. The lowest BCUT2D eigenvalue weighted by atomic mass is 9.85. The molecule has 0 bridgehead atoms. The van der Waals surface area contributed by atoms with Gasteiger partial charge in [-0.15, -0.1) is 0 Å². The second-order valence-corrected chi connectivity index (χ2v) is 10.4. The summed E-state index contributed by atoms with van der Waals surface area (Å²) in [7, 11) is -2.99. The van der Waals surface area contributed by atoms with Crippen LogP contribution in [0.4, 0.5) is 0 Å². The van der Waals surface area contributed by atoms with Crippen LogP contribution in [0.1, 0.15) is 43.6 Å². The molecule has 0 aliphatic heterocycles. The fraction of sp³-hybridized carbons (Fsp3) is 0.524. The van der Waals surface area contributed by atoms with E-state index in [4.69, 9.17) is 4.98 Å². The van der Waals surface area contributed by atoms with E-state index in [0.717, 1.165) is 60.7 Å². The van der Waals surface area contributed by atoms with Crippen molar-refractivity contribution in [1.29, 1.82) is 0 Å². The zero-order chi connectivity index (χ0) is 21.1. The highest BCUT2D eigenvalue weighted by Gasteiger charge is 2.21. The minimum absolute atomic E-state index is 0.136. The van der Waals surface area contributed by atoms with Crippen LogP contribution in [-0.2, 0) is 22.7 Å². The van der Waals surface area contributed by atoms with Crippen LogP contribution in [0.3, 0.4) is 0 Å². The fourth-order valence-electron chi connectivity index (χ4n) is 4.09. The molecule has 3 aromatic rings. The molecule has 0 atom stereocenters. The van der Waals surface area contributed by atoms with Crippen LogP contribution in [0.25, 0.3) is 17.0 Å². The van der Waals surface area contributed by atoms with E-state index >= 15 is 0 Å². The molecule has 0 amide bonds. The first-order valence-electron chi connectivity index (χ1n) is 10.4. The highest BCUT2D eigenvalue weighted by Crippen LogP contribution is 2.27. The van der Waals surface area contributed by atoms with Crippen LogP contribution >= 0.6 is 0 Å². The van der Waals surface area contributed by atoms with E-state index in [-0.39, 0.29) is 11.9 Å². The van der Waals surface area contributed by atoms with Crippen molar-refractivity contribution in [2.75, 3.05) is 12.0 Å². The number of hydrogen-bond acceptors (Lipinski definition) is 7. The first kappa shape index (κ1) is 20.9. The molecule has 0 unspecified atom stereocenters. The highest BCUT2D eigenvalue weighted by molar-refractivity contribution is 7.90. The average molecular weight is 430 g/mol. The topological polar surface area (TPSA) is 110 Å². The number of rotatable bonds is 7. The van der Waals surface area contributed by atoms with E-state index in [0.29, 0.717) is 18.8 Å². The number of aliphatic hydroxyl groups excluding tert-OH is 1. The van der Waals surface area contributed by atoms with Crippen molar-refractivity contribution in [2.24, 2.45) is 5.92 Å². The second kappa shape index (κ2) is 8.77. The monoisotopic (exact) mass is 429 g/mol. The molecular formula is C21H27N5O3S. The lowest BCUT2D eigenvalue weighted by molar-refractivity contribution is 0.108. The van der Waals surface area contributed by atoms with E-state index in [1.54, 1.807) is 18.6 Å². The van der Waals surface area contributed by atoms with Crippen LogP contribution < -0.4 is 0 Å². The Bertz CT molecular complexity index is 1120. The van der Waals surface area contributed by atoms with Gasteiger partial charge in [0.25, 0.3) is 0 Å². The second-order valence-electron chi connectivity index (χ2n) is 8.18. The molecule has 160 valence electrons. The summed E-state index contributed by atoms with van der Waals surface area (Å²) >= 11 is 0. The zero-order valence-corrected chi connectivity index (χ0v) is 17.9. The molecule has 3 heterocycles. The predicted octanol–water partition coefficient (Wildman–Crippen LogP) is 2.26. The third kappa shape index (κ3) is 5.02. The summed E-state index contributed by atoms with van der Waals surface area (Å²) in [5.74, 6) is 1.46. The van der Waals surface area contributed by atoms with Crippen molar-refractivity contribution in [3.8, 4) is 11.4 Å². The third-order valence-corrected chi connectivity index (χ3v) is 6.72. The molecule has 0 radical (unpaired) electrons. The Balaban J connectivity index is 1.54. The minimum atomic E-state index is -2.99. The molecule has 3 aromatic heterocycles. The van der Waals surface area contributed by atoms with Gasteiger partial charge in [0.1, 0.15) is 15.7 Å². The Morgan fingerprint density at radius 1 is 1.13 bits per heavy atom. The van der Waals surface area contributed by atoms with Crippen molar-refractivity contribution >= 4 is 15.5 Å². The number of nitrogens with zero attached hydrogens (tertiary/aromatic N) is 5. The molecule has 8 nitrogen and oxygen atoms in total. The molecule has 1 aliphatic rings. The van der Waals surface area contributed by atoms with E-state index in [1.807, 2.05) is 16.7 Å². The summed E-state index contributed by atoms with van der Waals surface area (Å²) in [6, 6.07) is 1.88. The van der Waals surface area contributed by atoms with Crippen LogP contribution in [0.15, 0.2) is 30.9 Å². The van der Waals surface area contributed by atoms with Crippen LogP contribution in [-0.4, -0.2) is 56.0 Å². The van der Waals surface area contributed by atoms with Crippen LogP contribution in [0, 0.1) is 5.92 Å². The van der Waals surface area contributed by atoms with E-state index < -0.39 is 9.84 Å². The van der Waals surface area contributed by atoms with Crippen molar-refractivity contribution in [2.45, 2.75) is 51.0 Å². The van der Waals surface area contributed by atoms with Gasteiger partial charge >= 0.3 is 0 Å². The largest absolute Gasteiger partial charge is 0.393 e. The number of hydrogen-bond donors (Lipinski definition) is 1. The summed E-state index contributed by atoms with van der Waals surface area (Å²) < 4.78 is 24.7. The number of aryl methyl sites for hydroxylation is 1. The molecular weight excluding hydrogens is 402 g/mol. The van der Waals surface area contributed by atoms with Gasteiger partial charge < -0.3 is 5.11 Å². The fourth-order valence-corrected chi connectivity index (χ4v) is 4.76. The highest BCUT2D eigenvalue weighted by atomic mass is 32.2. The average Bonchev–Trinajstić information content (AvgIpc) is 3.14. The van der Waals surface area contributed by atoms with Gasteiger partial charge in [0.2, 0.25) is 0 Å². The van der Waals surface area contributed by atoms with Gasteiger partial charge in [-0.1, -0.05) is 0 Å². The van der Waals surface area contributed by atoms with Crippen molar-refractivity contribution in [1.82, 2.24) is 24.3 Å². The normalized spacial score (nSPS) is 19.9. The van der Waals surface area contributed by atoms with Gasteiger partial charge in [0, 0.05) is 31.3 Å². The van der Waals surface area contributed by atoms with Gasteiger partial charge in [-0.2, -0.15) is 0 Å². The van der Waals surface area contributed by atoms with Crippen LogP contribution in [0.5, 0.6) is 0 Å². The van der Waals surface area contributed by atoms with Gasteiger partial charge in [-0.25, -0.2) is 23.4 Å². The van der Waals surface area contributed by atoms with Gasteiger partial charge in [0.15, 0.2) is 5.65 Å². The number of sulfone groups is 1. The maximum absolute atomic E-state index is 11.4. The molecule has 4 rings (SSSR count). The molecule has 0 aromatic carbocycles. The lowest BCUT2D eigenvalue weighted by Crippen LogP contribution is -2.20. The SMILES string of the molecule is CS(=O)(=O)CCCc1nccn2c(-c3ccnc(CC4CCC(O)CC4)n3)cnc12. The molecule has 0 spiro atoms. The molecule has 1 fully saturated rings. The maximum Gasteiger partial charge on any atom is 0.159 e. The number of imidazole rings is 1. The summed E-state index contributed by atoms with van der Waals surface area (Å²) in [4.78, 5) is 18.1. The molecule has 1 aliphatic carbocycles. The summed E-state index contributed by atoms with van der Waals surface area (Å²) in [5.41, 5.74) is 3.17. The summed E-state index contributed by atoms with van der Waals surface area (Å²) in [6.07, 6.45) is 13.8. The minimum Gasteiger partial charge on any atom is -0.393 e.